The Kier molecular flexibility index (Phi) is 6.15. The van der Waals surface area contributed by atoms with Gasteiger partial charge < -0.3 is 15.4 Å². The van der Waals surface area contributed by atoms with Gasteiger partial charge in [0.05, 0.1) is 17.0 Å². The van der Waals surface area contributed by atoms with Gasteiger partial charge in [-0.15, -0.1) is 0 Å². The van der Waals surface area contributed by atoms with Gasteiger partial charge in [0.25, 0.3) is 0 Å². The van der Waals surface area contributed by atoms with E-state index in [-0.39, 0.29) is 11.8 Å². The number of hydrogen-bond acceptors (Lipinski definition) is 6. The number of carbonyl (C=O) groups is 1. The fourth-order valence-corrected chi connectivity index (χ4v) is 3.15. The first-order chi connectivity index (χ1) is 15.9. The van der Waals surface area contributed by atoms with Gasteiger partial charge in [-0.3, -0.25) is 4.79 Å². The fourth-order valence-electron chi connectivity index (χ4n) is 3.15. The minimum atomic E-state index is -0.544. The third-order valence-electron chi connectivity index (χ3n) is 5.31. The van der Waals surface area contributed by atoms with Crippen LogP contribution in [0.5, 0.6) is 5.75 Å². The van der Waals surface area contributed by atoms with E-state index in [1.165, 1.54) is 0 Å². The number of rotatable bonds is 6. The van der Waals surface area contributed by atoms with Crippen LogP contribution in [-0.4, -0.2) is 29.5 Å². The maximum Gasteiger partial charge on any atom is 0.228 e. The van der Waals surface area contributed by atoms with Crippen LogP contribution in [0.4, 0.5) is 11.6 Å². The summed E-state index contributed by atoms with van der Waals surface area (Å²) in [6.07, 6.45) is 5.29. The zero-order chi connectivity index (χ0) is 23.4. The number of nitriles is 1. The first-order valence-electron chi connectivity index (χ1n) is 10.8. The molecule has 7 heteroatoms. The molecule has 0 spiro atoms. The van der Waals surface area contributed by atoms with Crippen LogP contribution in [0.25, 0.3) is 10.8 Å². The van der Waals surface area contributed by atoms with Crippen molar-refractivity contribution in [2.45, 2.75) is 26.7 Å². The number of nitrogens with one attached hydrogen (secondary N) is 2. The molecule has 0 unspecified atom stereocenters. The minimum Gasteiger partial charge on any atom is -0.492 e. The van der Waals surface area contributed by atoms with Crippen LogP contribution in [0.15, 0.2) is 42.7 Å². The number of ether oxygens (including phenoxy) is 1. The number of pyridine rings is 2. The molecule has 0 saturated heterocycles. The number of anilines is 2. The van der Waals surface area contributed by atoms with E-state index in [0.29, 0.717) is 24.0 Å². The second kappa shape index (κ2) is 9.18. The highest BCUT2D eigenvalue weighted by molar-refractivity contribution is 5.99. The summed E-state index contributed by atoms with van der Waals surface area (Å²) in [5.74, 6) is 8.37. The highest BCUT2D eigenvalue weighted by Gasteiger charge is 2.29. The lowest BCUT2D eigenvalue weighted by Crippen LogP contribution is -2.18. The standard InChI is InChI=1S/C26H25N5O2/c1-26(2,15-27)16-33-20-10-5-17(6-11-20)4-7-19-13-30-24(28-3)22-14-29-23(12-21(19)22)31-25(32)18-8-9-18/h5-6,10-14,18H,8-9,16H2,1-3H3,(H,28,30)(H,29,31,32). The molecule has 1 amide bonds. The van der Waals surface area contributed by atoms with Crippen LogP contribution < -0.4 is 15.4 Å². The van der Waals surface area contributed by atoms with Gasteiger partial charge in [0.2, 0.25) is 5.91 Å². The van der Waals surface area contributed by atoms with E-state index in [4.69, 9.17) is 10.00 Å². The molecule has 1 fully saturated rings. The van der Waals surface area contributed by atoms with Crippen molar-refractivity contribution in [2.24, 2.45) is 11.3 Å². The van der Waals surface area contributed by atoms with Gasteiger partial charge >= 0.3 is 0 Å². The number of nitrogens with zero attached hydrogens (tertiary/aromatic N) is 3. The number of fused-ring (bicyclic) bond motifs is 1. The van der Waals surface area contributed by atoms with Gasteiger partial charge in [-0.2, -0.15) is 5.26 Å². The van der Waals surface area contributed by atoms with Crippen molar-refractivity contribution >= 4 is 28.3 Å². The van der Waals surface area contributed by atoms with Crippen LogP contribution in [0.1, 0.15) is 37.8 Å². The predicted molar refractivity (Wildman–Crippen MR) is 128 cm³/mol. The van der Waals surface area contributed by atoms with Crippen LogP contribution in [0.3, 0.4) is 0 Å². The topological polar surface area (TPSA) is 99.9 Å². The van der Waals surface area contributed by atoms with E-state index in [1.54, 1.807) is 19.4 Å². The highest BCUT2D eigenvalue weighted by Crippen LogP contribution is 2.31. The summed E-state index contributed by atoms with van der Waals surface area (Å²) in [7, 11) is 1.80. The van der Waals surface area contributed by atoms with Crippen LogP contribution >= 0.6 is 0 Å². The summed E-state index contributed by atoms with van der Waals surface area (Å²) in [5.41, 5.74) is 1.02. The number of hydrogen-bond donors (Lipinski definition) is 2. The van der Waals surface area contributed by atoms with Gasteiger partial charge in [0.15, 0.2) is 0 Å². The Morgan fingerprint density at radius 1 is 1.15 bits per heavy atom. The Balaban J connectivity index is 1.58. The molecule has 0 radical (unpaired) electrons. The van der Waals surface area contributed by atoms with E-state index in [1.807, 2.05) is 44.2 Å². The second-order valence-electron chi connectivity index (χ2n) is 8.71. The summed E-state index contributed by atoms with van der Waals surface area (Å²) in [6.45, 7) is 3.99. The number of aromatic nitrogens is 2. The molecule has 33 heavy (non-hydrogen) atoms. The highest BCUT2D eigenvalue weighted by atomic mass is 16.5. The molecule has 4 rings (SSSR count). The monoisotopic (exact) mass is 439 g/mol. The SMILES string of the molecule is CNc1ncc(C#Cc2ccc(OCC(C)(C)C#N)cc2)c2cc(NC(=O)C3CC3)ncc12. The average molecular weight is 440 g/mol. The lowest BCUT2D eigenvalue weighted by atomic mass is 9.98. The van der Waals surface area contributed by atoms with Crippen molar-refractivity contribution in [3.05, 3.63) is 53.9 Å². The zero-order valence-corrected chi connectivity index (χ0v) is 18.9. The Morgan fingerprint density at radius 2 is 1.91 bits per heavy atom. The van der Waals surface area contributed by atoms with Crippen molar-refractivity contribution < 1.29 is 9.53 Å². The molecule has 166 valence electrons. The molecule has 2 N–H and O–H groups in total. The molecule has 0 bridgehead atoms. The normalized spacial score (nSPS) is 12.9. The summed E-state index contributed by atoms with van der Waals surface area (Å²) in [4.78, 5) is 21.0. The Morgan fingerprint density at radius 3 is 2.58 bits per heavy atom. The van der Waals surface area contributed by atoms with E-state index < -0.39 is 5.41 Å². The number of amides is 1. The summed E-state index contributed by atoms with van der Waals surface area (Å²) in [6, 6.07) is 11.5. The van der Waals surface area contributed by atoms with E-state index in [2.05, 4.69) is 38.5 Å². The first kappa shape index (κ1) is 22.1. The third kappa shape index (κ3) is 5.39. The molecule has 0 aliphatic heterocycles. The molecule has 1 aliphatic rings. The quantitative estimate of drug-likeness (QED) is 0.554. The van der Waals surface area contributed by atoms with Gasteiger partial charge in [0, 0.05) is 41.7 Å². The van der Waals surface area contributed by atoms with Crippen LogP contribution in [0.2, 0.25) is 0 Å². The minimum absolute atomic E-state index is 0.0119. The smallest absolute Gasteiger partial charge is 0.228 e. The Labute approximate surface area is 193 Å². The average Bonchev–Trinajstić information content (AvgIpc) is 3.67. The lowest BCUT2D eigenvalue weighted by molar-refractivity contribution is -0.117. The maximum atomic E-state index is 12.1. The van der Waals surface area contributed by atoms with Crippen molar-refractivity contribution in [2.75, 3.05) is 24.3 Å². The zero-order valence-electron chi connectivity index (χ0n) is 18.9. The fraction of sp³-hybridized carbons (Fsp3) is 0.308. The van der Waals surface area contributed by atoms with E-state index in [9.17, 15) is 4.79 Å². The lowest BCUT2D eigenvalue weighted by Gasteiger charge is -2.15. The van der Waals surface area contributed by atoms with Crippen LogP contribution in [-0.2, 0) is 4.79 Å². The molecule has 7 nitrogen and oxygen atoms in total. The third-order valence-corrected chi connectivity index (χ3v) is 5.31. The van der Waals surface area contributed by atoms with Crippen molar-refractivity contribution in [1.82, 2.24) is 9.97 Å². The summed E-state index contributed by atoms with van der Waals surface area (Å²) >= 11 is 0. The van der Waals surface area contributed by atoms with E-state index >= 15 is 0 Å². The second-order valence-corrected chi connectivity index (χ2v) is 8.71. The van der Waals surface area contributed by atoms with Crippen LogP contribution in [0, 0.1) is 34.5 Å². The van der Waals surface area contributed by atoms with E-state index in [0.717, 1.165) is 34.7 Å². The van der Waals surface area contributed by atoms with Crippen molar-refractivity contribution in [3.8, 4) is 23.7 Å². The molecule has 1 aromatic carbocycles. The van der Waals surface area contributed by atoms with Gasteiger partial charge in [-0.1, -0.05) is 11.8 Å². The number of benzene rings is 1. The summed E-state index contributed by atoms with van der Waals surface area (Å²) < 4.78 is 5.70. The number of carbonyl (C=O) groups excluding carboxylic acids is 1. The Bertz CT molecular complexity index is 1290. The molecular formula is C26H25N5O2. The molecule has 1 saturated carbocycles. The molecule has 2 aromatic heterocycles. The molecule has 3 aromatic rings. The summed E-state index contributed by atoms with van der Waals surface area (Å²) in [5, 5.41) is 16.8. The molecule has 0 atom stereocenters. The molecule has 1 aliphatic carbocycles. The first-order valence-corrected chi connectivity index (χ1v) is 10.8. The van der Waals surface area contributed by atoms with Gasteiger partial charge in [-0.25, -0.2) is 9.97 Å². The van der Waals surface area contributed by atoms with Gasteiger partial charge in [0.1, 0.15) is 24.0 Å². The molecule has 2 heterocycles. The van der Waals surface area contributed by atoms with Crippen molar-refractivity contribution in [1.29, 1.82) is 5.26 Å². The molecular weight excluding hydrogens is 414 g/mol. The maximum absolute atomic E-state index is 12.1. The predicted octanol–water partition coefficient (Wildman–Crippen LogP) is 4.35. The van der Waals surface area contributed by atoms with Crippen molar-refractivity contribution in [3.63, 3.8) is 0 Å². The largest absolute Gasteiger partial charge is 0.492 e. The Hall–Kier alpha value is -4.10. The van der Waals surface area contributed by atoms with Gasteiger partial charge in [-0.05, 0) is 57.0 Å².